The lowest BCUT2D eigenvalue weighted by molar-refractivity contribution is 0.0730. The van der Waals surface area contributed by atoms with Gasteiger partial charge >= 0.3 is 0 Å². The molecule has 144 valence electrons. The van der Waals surface area contributed by atoms with Gasteiger partial charge in [-0.05, 0) is 56.6 Å². The molecule has 1 aromatic carbocycles. The van der Waals surface area contributed by atoms with E-state index in [9.17, 15) is 8.42 Å². The van der Waals surface area contributed by atoms with Gasteiger partial charge in [0.2, 0.25) is 10.0 Å². The highest BCUT2D eigenvalue weighted by Gasteiger charge is 2.27. The SMILES string of the molecule is C[C@H]1CCCCN1C(=S)Nc1cc(S(=O)(=O)N2CCOCC2)ccc1Cl. The van der Waals surface area contributed by atoms with Crippen LogP contribution in [0, 0.1) is 0 Å². The molecule has 6 nitrogen and oxygen atoms in total. The Bertz CT molecular complexity index is 767. The van der Waals surface area contributed by atoms with Crippen molar-refractivity contribution < 1.29 is 13.2 Å². The number of nitrogens with one attached hydrogen (secondary N) is 1. The first kappa shape index (κ1) is 19.8. The maximum atomic E-state index is 12.8. The topological polar surface area (TPSA) is 61.9 Å². The number of ether oxygens (including phenoxy) is 1. The second-order valence-corrected chi connectivity index (χ2v) is 9.36. The van der Waals surface area contributed by atoms with Crippen molar-refractivity contribution in [2.45, 2.75) is 37.1 Å². The van der Waals surface area contributed by atoms with Crippen LogP contribution in [0.4, 0.5) is 5.69 Å². The molecule has 0 saturated carbocycles. The Hall–Kier alpha value is -0.930. The minimum atomic E-state index is -3.57. The van der Waals surface area contributed by atoms with Gasteiger partial charge in [-0.1, -0.05) is 11.6 Å². The minimum absolute atomic E-state index is 0.209. The number of sulfonamides is 1. The Balaban J connectivity index is 1.80. The lowest BCUT2D eigenvalue weighted by Gasteiger charge is -2.35. The van der Waals surface area contributed by atoms with E-state index in [0.717, 1.165) is 19.4 Å². The molecule has 0 aromatic heterocycles. The van der Waals surface area contributed by atoms with Crippen molar-refractivity contribution in [1.29, 1.82) is 0 Å². The molecule has 2 aliphatic rings. The standard InChI is InChI=1S/C17H24ClN3O3S2/c1-13-4-2-3-7-21(13)17(25)19-16-12-14(5-6-15(16)18)26(22,23)20-8-10-24-11-9-20/h5-6,12-13H,2-4,7-11H2,1H3,(H,19,25)/t13-/m0/s1. The third-order valence-electron chi connectivity index (χ3n) is 4.85. The third kappa shape index (κ3) is 4.31. The van der Waals surface area contributed by atoms with Crippen molar-refractivity contribution in [2.75, 3.05) is 38.2 Å². The summed E-state index contributed by atoms with van der Waals surface area (Å²) in [6, 6.07) is 5.06. The van der Waals surface area contributed by atoms with Gasteiger partial charge in [-0.15, -0.1) is 0 Å². The predicted octanol–water partition coefficient (Wildman–Crippen LogP) is 2.93. The highest BCUT2D eigenvalue weighted by Crippen LogP contribution is 2.28. The van der Waals surface area contributed by atoms with Gasteiger partial charge in [0.25, 0.3) is 0 Å². The first-order valence-electron chi connectivity index (χ1n) is 8.84. The number of halogens is 1. The Kier molecular flexibility index (Phi) is 6.40. The molecule has 1 atom stereocenters. The maximum Gasteiger partial charge on any atom is 0.243 e. The van der Waals surface area contributed by atoms with Crippen molar-refractivity contribution in [3.05, 3.63) is 23.2 Å². The van der Waals surface area contributed by atoms with E-state index in [0.29, 0.717) is 48.2 Å². The van der Waals surface area contributed by atoms with Crippen molar-refractivity contribution in [3.63, 3.8) is 0 Å². The average Bonchev–Trinajstić information content (AvgIpc) is 2.64. The normalized spacial score (nSPS) is 22.2. The first-order valence-corrected chi connectivity index (χ1v) is 11.1. The van der Waals surface area contributed by atoms with Crippen LogP contribution in [0.25, 0.3) is 0 Å². The number of anilines is 1. The monoisotopic (exact) mass is 417 g/mol. The van der Waals surface area contributed by atoms with Crippen molar-refractivity contribution in [1.82, 2.24) is 9.21 Å². The van der Waals surface area contributed by atoms with Crippen LogP contribution in [-0.2, 0) is 14.8 Å². The fourth-order valence-corrected chi connectivity index (χ4v) is 5.26. The first-order chi connectivity index (χ1) is 12.4. The molecule has 0 spiro atoms. The predicted molar refractivity (Wildman–Crippen MR) is 107 cm³/mol. The molecule has 0 unspecified atom stereocenters. The molecular weight excluding hydrogens is 394 g/mol. The summed E-state index contributed by atoms with van der Waals surface area (Å²) in [5.74, 6) is 0. The molecule has 0 bridgehead atoms. The molecule has 2 heterocycles. The largest absolute Gasteiger partial charge is 0.379 e. The van der Waals surface area contributed by atoms with Gasteiger partial charge in [-0.3, -0.25) is 0 Å². The van der Waals surface area contributed by atoms with E-state index in [1.54, 1.807) is 12.1 Å². The summed E-state index contributed by atoms with van der Waals surface area (Å²) < 4.78 is 32.4. The van der Waals surface area contributed by atoms with E-state index < -0.39 is 10.0 Å². The van der Waals surface area contributed by atoms with Gasteiger partial charge < -0.3 is 15.0 Å². The van der Waals surface area contributed by atoms with E-state index in [1.165, 1.54) is 16.8 Å². The number of nitrogens with zero attached hydrogens (tertiary/aromatic N) is 2. The maximum absolute atomic E-state index is 12.8. The van der Waals surface area contributed by atoms with E-state index in [4.69, 9.17) is 28.6 Å². The summed E-state index contributed by atoms with van der Waals surface area (Å²) in [6.07, 6.45) is 3.40. The van der Waals surface area contributed by atoms with Crippen LogP contribution in [0.2, 0.25) is 5.02 Å². The molecule has 2 fully saturated rings. The number of hydrogen-bond acceptors (Lipinski definition) is 4. The summed E-state index contributed by atoms with van der Waals surface area (Å²) in [5, 5.41) is 4.17. The van der Waals surface area contributed by atoms with E-state index in [-0.39, 0.29) is 4.90 Å². The molecule has 1 aromatic rings. The van der Waals surface area contributed by atoms with E-state index >= 15 is 0 Å². The third-order valence-corrected chi connectivity index (χ3v) is 7.41. The number of thiocarbonyl (C=S) groups is 1. The molecular formula is C17H24ClN3O3S2. The van der Waals surface area contributed by atoms with Crippen molar-refractivity contribution >= 4 is 44.6 Å². The summed E-state index contributed by atoms with van der Waals surface area (Å²) >= 11 is 11.8. The Morgan fingerprint density at radius 2 is 2.00 bits per heavy atom. The molecule has 1 N–H and O–H groups in total. The fourth-order valence-electron chi connectivity index (χ4n) is 3.28. The number of rotatable bonds is 3. The molecule has 9 heteroatoms. The smallest absolute Gasteiger partial charge is 0.243 e. The zero-order chi connectivity index (χ0) is 18.7. The van der Waals surface area contributed by atoms with Gasteiger partial charge in [-0.2, -0.15) is 4.31 Å². The van der Waals surface area contributed by atoms with E-state index in [1.807, 2.05) is 0 Å². The molecule has 2 saturated heterocycles. The van der Waals surface area contributed by atoms with Gasteiger partial charge in [0.05, 0.1) is 28.8 Å². The fraction of sp³-hybridized carbons (Fsp3) is 0.588. The Morgan fingerprint density at radius 3 is 2.69 bits per heavy atom. The second kappa shape index (κ2) is 8.39. The Morgan fingerprint density at radius 1 is 1.27 bits per heavy atom. The zero-order valence-corrected chi connectivity index (χ0v) is 17.2. The Labute approximate surface area is 165 Å². The molecule has 0 amide bonds. The molecule has 0 aliphatic carbocycles. The summed E-state index contributed by atoms with van der Waals surface area (Å²) in [7, 11) is -3.57. The van der Waals surface area contributed by atoms with Crippen LogP contribution < -0.4 is 5.32 Å². The lowest BCUT2D eigenvalue weighted by Crippen LogP contribution is -2.44. The van der Waals surface area contributed by atoms with Crippen LogP contribution in [0.3, 0.4) is 0 Å². The van der Waals surface area contributed by atoms with Crippen LogP contribution in [0.5, 0.6) is 0 Å². The highest BCUT2D eigenvalue weighted by molar-refractivity contribution is 7.89. The zero-order valence-electron chi connectivity index (χ0n) is 14.8. The average molecular weight is 418 g/mol. The van der Waals surface area contributed by atoms with Gasteiger partial charge in [-0.25, -0.2) is 8.42 Å². The number of piperidine rings is 1. The van der Waals surface area contributed by atoms with E-state index in [2.05, 4.69) is 17.1 Å². The molecule has 26 heavy (non-hydrogen) atoms. The van der Waals surface area contributed by atoms with Crippen LogP contribution in [0.15, 0.2) is 23.1 Å². The highest BCUT2D eigenvalue weighted by atomic mass is 35.5. The van der Waals surface area contributed by atoms with Crippen LogP contribution in [-0.4, -0.2) is 61.6 Å². The lowest BCUT2D eigenvalue weighted by atomic mass is 10.0. The minimum Gasteiger partial charge on any atom is -0.379 e. The number of morpholine rings is 1. The number of hydrogen-bond donors (Lipinski definition) is 1. The molecule has 3 rings (SSSR count). The van der Waals surface area contributed by atoms with Gasteiger partial charge in [0, 0.05) is 25.7 Å². The van der Waals surface area contributed by atoms with Crippen molar-refractivity contribution in [3.8, 4) is 0 Å². The summed E-state index contributed by atoms with van der Waals surface area (Å²) in [6.45, 7) is 4.59. The van der Waals surface area contributed by atoms with Gasteiger partial charge in [0.1, 0.15) is 0 Å². The quantitative estimate of drug-likeness (QED) is 0.763. The summed E-state index contributed by atoms with van der Waals surface area (Å²) in [5.41, 5.74) is 0.517. The van der Waals surface area contributed by atoms with Gasteiger partial charge in [0.15, 0.2) is 5.11 Å². The number of benzene rings is 1. The van der Waals surface area contributed by atoms with Crippen LogP contribution in [0.1, 0.15) is 26.2 Å². The molecule has 2 aliphatic heterocycles. The molecule has 0 radical (unpaired) electrons. The summed E-state index contributed by atoms with van der Waals surface area (Å²) in [4.78, 5) is 2.35. The van der Waals surface area contributed by atoms with Crippen molar-refractivity contribution in [2.24, 2.45) is 0 Å². The second-order valence-electron chi connectivity index (χ2n) is 6.63. The number of likely N-dealkylation sites (tertiary alicyclic amines) is 1. The van der Waals surface area contributed by atoms with Crippen LogP contribution >= 0.6 is 23.8 Å².